The number of allylic oxidation sites excluding steroid dienone is 4. The first-order chi connectivity index (χ1) is 9.15. The number of rotatable bonds is 2. The third-order valence-electron chi connectivity index (χ3n) is 3.60. The van der Waals surface area contributed by atoms with Crippen LogP contribution in [0.4, 0.5) is 0 Å². The van der Waals surface area contributed by atoms with Crippen molar-refractivity contribution in [2.45, 2.75) is 25.4 Å². The van der Waals surface area contributed by atoms with E-state index >= 15 is 0 Å². The second kappa shape index (κ2) is 4.89. The van der Waals surface area contributed by atoms with Crippen LogP contribution in [0.3, 0.4) is 0 Å². The summed E-state index contributed by atoms with van der Waals surface area (Å²) >= 11 is 1.80. The molecular weight excluding hydrogens is 252 g/mol. The second-order valence-electron chi connectivity index (χ2n) is 5.23. The maximum absolute atomic E-state index is 4.72. The molecule has 0 saturated heterocycles. The molecule has 3 rings (SSSR count). The zero-order valence-corrected chi connectivity index (χ0v) is 12.4. The van der Waals surface area contributed by atoms with Crippen molar-refractivity contribution in [1.82, 2.24) is 9.55 Å². The van der Waals surface area contributed by atoms with E-state index in [9.17, 15) is 0 Å². The first-order valence-electron chi connectivity index (χ1n) is 6.62. The van der Waals surface area contributed by atoms with E-state index in [0.29, 0.717) is 5.92 Å². The summed E-state index contributed by atoms with van der Waals surface area (Å²) in [5.41, 5.74) is 3.73. The monoisotopic (exact) mass is 270 g/mol. The molecule has 1 aromatic carbocycles. The molecule has 1 aromatic heterocycles. The van der Waals surface area contributed by atoms with Crippen LogP contribution >= 0.6 is 11.8 Å². The molecule has 1 atom stereocenters. The van der Waals surface area contributed by atoms with Gasteiger partial charge in [-0.1, -0.05) is 48.5 Å². The Morgan fingerprint density at radius 3 is 2.79 bits per heavy atom. The number of hydrogen-bond donors (Lipinski definition) is 0. The number of aryl methyl sites for hydroxylation is 1. The van der Waals surface area contributed by atoms with Gasteiger partial charge in [0.15, 0.2) is 5.16 Å². The van der Waals surface area contributed by atoms with E-state index in [-0.39, 0.29) is 0 Å². The summed E-state index contributed by atoms with van der Waals surface area (Å²) in [6, 6.07) is 8.29. The lowest BCUT2D eigenvalue weighted by atomic mass is 9.97. The van der Waals surface area contributed by atoms with E-state index in [4.69, 9.17) is 4.98 Å². The van der Waals surface area contributed by atoms with Crippen LogP contribution in [-0.2, 0) is 7.05 Å². The van der Waals surface area contributed by atoms with E-state index in [2.05, 4.69) is 55.8 Å². The zero-order valence-electron chi connectivity index (χ0n) is 11.6. The first-order valence-corrected chi connectivity index (χ1v) is 7.43. The fourth-order valence-electron chi connectivity index (χ4n) is 2.49. The Morgan fingerprint density at radius 2 is 2.05 bits per heavy atom. The topological polar surface area (TPSA) is 17.8 Å². The molecule has 2 aromatic rings. The normalized spacial score (nSPS) is 19.4. The van der Waals surface area contributed by atoms with Gasteiger partial charge in [-0.2, -0.15) is 0 Å². The highest BCUT2D eigenvalue weighted by atomic mass is 32.2. The van der Waals surface area contributed by atoms with Crippen LogP contribution < -0.4 is 0 Å². The van der Waals surface area contributed by atoms with E-state index in [1.165, 1.54) is 16.0 Å². The summed E-state index contributed by atoms with van der Waals surface area (Å²) in [5, 5.41) is 1.08. The van der Waals surface area contributed by atoms with E-state index < -0.39 is 0 Å². The molecule has 0 aliphatic heterocycles. The van der Waals surface area contributed by atoms with Crippen molar-refractivity contribution in [3.63, 3.8) is 0 Å². The summed E-state index contributed by atoms with van der Waals surface area (Å²) < 4.78 is 2.18. The summed E-state index contributed by atoms with van der Waals surface area (Å²) in [5.74, 6) is 0.592. The standard InChI is InChI=1S/C16H18N2S/c1-11-8-9-15(12(2)10-11)19-16-17-13-6-4-5-7-14(13)18(16)3/h4-9,12H,10H2,1-3H3. The number of fused-ring (bicyclic) bond motifs is 1. The molecule has 1 heterocycles. The van der Waals surface area contributed by atoms with Gasteiger partial charge in [0.2, 0.25) is 0 Å². The predicted molar refractivity (Wildman–Crippen MR) is 82.2 cm³/mol. The predicted octanol–water partition coefficient (Wildman–Crippen LogP) is 4.54. The number of para-hydroxylation sites is 2. The second-order valence-corrected chi connectivity index (χ2v) is 6.27. The van der Waals surface area contributed by atoms with Crippen molar-refractivity contribution >= 4 is 22.8 Å². The van der Waals surface area contributed by atoms with Crippen molar-refractivity contribution in [3.05, 3.63) is 46.9 Å². The zero-order chi connectivity index (χ0) is 13.4. The van der Waals surface area contributed by atoms with Gasteiger partial charge >= 0.3 is 0 Å². The molecule has 1 aliphatic rings. The minimum Gasteiger partial charge on any atom is -0.322 e. The highest BCUT2D eigenvalue weighted by molar-refractivity contribution is 8.03. The summed E-state index contributed by atoms with van der Waals surface area (Å²) in [4.78, 5) is 6.13. The Bertz CT molecular complexity index is 679. The molecule has 0 amide bonds. The fraction of sp³-hybridized carbons (Fsp3) is 0.312. The van der Waals surface area contributed by atoms with Gasteiger partial charge in [-0.05, 0) is 36.3 Å². The van der Waals surface area contributed by atoms with Gasteiger partial charge in [-0.3, -0.25) is 0 Å². The van der Waals surface area contributed by atoms with Crippen LogP contribution in [-0.4, -0.2) is 9.55 Å². The average molecular weight is 270 g/mol. The number of hydrogen-bond acceptors (Lipinski definition) is 2. The number of nitrogens with zero attached hydrogens (tertiary/aromatic N) is 2. The molecule has 19 heavy (non-hydrogen) atoms. The van der Waals surface area contributed by atoms with Gasteiger partial charge in [-0.15, -0.1) is 0 Å². The van der Waals surface area contributed by atoms with Gasteiger partial charge in [0.1, 0.15) is 0 Å². The minimum atomic E-state index is 0.592. The lowest BCUT2D eigenvalue weighted by Crippen LogP contribution is -2.02. The van der Waals surface area contributed by atoms with Crippen molar-refractivity contribution in [1.29, 1.82) is 0 Å². The van der Waals surface area contributed by atoms with Gasteiger partial charge in [0.25, 0.3) is 0 Å². The first kappa shape index (κ1) is 12.5. The van der Waals surface area contributed by atoms with Crippen LogP contribution in [0.1, 0.15) is 20.3 Å². The summed E-state index contributed by atoms with van der Waals surface area (Å²) in [6.45, 7) is 4.49. The molecule has 0 N–H and O–H groups in total. The molecule has 0 bridgehead atoms. The quantitative estimate of drug-likeness (QED) is 0.797. The maximum atomic E-state index is 4.72. The Kier molecular flexibility index (Phi) is 3.23. The van der Waals surface area contributed by atoms with Crippen molar-refractivity contribution < 1.29 is 0 Å². The number of benzene rings is 1. The highest BCUT2D eigenvalue weighted by Gasteiger charge is 2.17. The number of thioether (sulfide) groups is 1. The third kappa shape index (κ3) is 2.35. The van der Waals surface area contributed by atoms with Crippen molar-refractivity contribution in [2.24, 2.45) is 13.0 Å². The molecule has 3 heteroatoms. The molecule has 1 aliphatic carbocycles. The molecule has 2 nitrogen and oxygen atoms in total. The highest BCUT2D eigenvalue weighted by Crippen LogP contribution is 2.37. The SMILES string of the molecule is CC1=CC=C(Sc2nc3ccccc3n2C)C(C)C1. The molecule has 0 fully saturated rings. The smallest absolute Gasteiger partial charge is 0.173 e. The Labute approximate surface area is 118 Å². The van der Waals surface area contributed by atoms with Crippen LogP contribution in [0.25, 0.3) is 11.0 Å². The average Bonchev–Trinajstić information content (AvgIpc) is 2.70. The van der Waals surface area contributed by atoms with E-state index in [0.717, 1.165) is 17.1 Å². The molecule has 0 radical (unpaired) electrons. The molecule has 1 unspecified atom stereocenters. The number of aromatic nitrogens is 2. The minimum absolute atomic E-state index is 0.592. The molecule has 98 valence electrons. The van der Waals surface area contributed by atoms with Crippen LogP contribution in [0.2, 0.25) is 0 Å². The van der Waals surface area contributed by atoms with Crippen LogP contribution in [0, 0.1) is 5.92 Å². The summed E-state index contributed by atoms with van der Waals surface area (Å²) in [7, 11) is 2.09. The van der Waals surface area contributed by atoms with Crippen LogP contribution in [0.5, 0.6) is 0 Å². The van der Waals surface area contributed by atoms with Crippen molar-refractivity contribution in [3.8, 4) is 0 Å². The molecule has 0 saturated carbocycles. The van der Waals surface area contributed by atoms with E-state index in [1.807, 2.05) is 6.07 Å². The lowest BCUT2D eigenvalue weighted by Gasteiger charge is -2.19. The van der Waals surface area contributed by atoms with Gasteiger partial charge in [-0.25, -0.2) is 4.98 Å². The van der Waals surface area contributed by atoms with Gasteiger partial charge in [0.05, 0.1) is 11.0 Å². The Morgan fingerprint density at radius 1 is 1.26 bits per heavy atom. The Hall–Kier alpha value is -1.48. The number of imidazole rings is 1. The van der Waals surface area contributed by atoms with Crippen LogP contribution in [0.15, 0.2) is 52.1 Å². The van der Waals surface area contributed by atoms with Gasteiger partial charge in [0, 0.05) is 7.05 Å². The van der Waals surface area contributed by atoms with E-state index in [1.54, 1.807) is 11.8 Å². The lowest BCUT2D eigenvalue weighted by molar-refractivity contribution is 0.693. The van der Waals surface area contributed by atoms with Crippen molar-refractivity contribution in [2.75, 3.05) is 0 Å². The molecular formula is C16H18N2S. The maximum Gasteiger partial charge on any atom is 0.173 e. The largest absolute Gasteiger partial charge is 0.322 e. The Balaban J connectivity index is 1.96. The molecule has 0 spiro atoms. The van der Waals surface area contributed by atoms with Gasteiger partial charge < -0.3 is 4.57 Å². The summed E-state index contributed by atoms with van der Waals surface area (Å²) in [6.07, 6.45) is 5.63. The fourth-order valence-corrected chi connectivity index (χ4v) is 3.51. The third-order valence-corrected chi connectivity index (χ3v) is 4.92.